The molecule has 1 saturated heterocycles. The highest BCUT2D eigenvalue weighted by Gasteiger charge is 2.45. The van der Waals surface area contributed by atoms with Crippen LogP contribution < -0.4 is 5.32 Å². The van der Waals surface area contributed by atoms with Crippen molar-refractivity contribution >= 4 is 0 Å². The summed E-state index contributed by atoms with van der Waals surface area (Å²) in [6.07, 6.45) is 6.63. The molecular weight excluding hydrogens is 248 g/mol. The minimum absolute atomic E-state index is 0.586. The fourth-order valence-electron chi connectivity index (χ4n) is 3.66. The standard InChI is InChI=1S/C17H34N2O/c1-5-16-11-18-15(10-14(2)3)12-19(16)13-17(6-7-17)8-9-20-4/h14-16,18H,5-13H2,1-4H3. The third kappa shape index (κ3) is 4.44. The first kappa shape index (κ1) is 16.3. The summed E-state index contributed by atoms with van der Waals surface area (Å²) >= 11 is 0. The van der Waals surface area contributed by atoms with Crippen molar-refractivity contribution in [3.05, 3.63) is 0 Å². The second-order valence-electron chi connectivity index (χ2n) is 7.47. The summed E-state index contributed by atoms with van der Waals surface area (Å²) in [7, 11) is 1.83. The lowest BCUT2D eigenvalue weighted by Gasteiger charge is -2.42. The first-order valence-electron chi connectivity index (χ1n) is 8.55. The van der Waals surface area contributed by atoms with Crippen LogP contribution >= 0.6 is 0 Å². The Bertz CT molecular complexity index is 289. The highest BCUT2D eigenvalue weighted by Crippen LogP contribution is 2.49. The quantitative estimate of drug-likeness (QED) is 0.741. The van der Waals surface area contributed by atoms with E-state index in [1.807, 2.05) is 7.11 Å². The van der Waals surface area contributed by atoms with Gasteiger partial charge in [-0.25, -0.2) is 0 Å². The molecule has 20 heavy (non-hydrogen) atoms. The number of rotatable bonds is 8. The third-order valence-corrected chi connectivity index (χ3v) is 5.17. The molecule has 1 saturated carbocycles. The molecule has 0 bridgehead atoms. The number of methoxy groups -OCH3 is 1. The third-order valence-electron chi connectivity index (χ3n) is 5.17. The number of ether oxygens (including phenoxy) is 1. The van der Waals surface area contributed by atoms with E-state index in [4.69, 9.17) is 4.74 Å². The first-order chi connectivity index (χ1) is 9.58. The second-order valence-corrected chi connectivity index (χ2v) is 7.47. The predicted octanol–water partition coefficient (Wildman–Crippen LogP) is 2.90. The highest BCUT2D eigenvalue weighted by molar-refractivity contribution is 4.98. The Labute approximate surface area is 125 Å². The average molecular weight is 282 g/mol. The lowest BCUT2D eigenvalue weighted by atomic mass is 9.95. The summed E-state index contributed by atoms with van der Waals surface area (Å²) in [6.45, 7) is 11.6. The summed E-state index contributed by atoms with van der Waals surface area (Å²) in [6, 6.07) is 1.43. The molecule has 0 radical (unpaired) electrons. The lowest BCUT2D eigenvalue weighted by Crippen LogP contribution is -2.57. The molecule has 0 aromatic rings. The van der Waals surface area contributed by atoms with Crippen molar-refractivity contribution in [2.24, 2.45) is 11.3 Å². The minimum Gasteiger partial charge on any atom is -0.385 e. The maximum absolute atomic E-state index is 5.30. The Morgan fingerprint density at radius 2 is 2.10 bits per heavy atom. The molecule has 3 heteroatoms. The summed E-state index contributed by atoms with van der Waals surface area (Å²) in [5, 5.41) is 3.76. The van der Waals surface area contributed by atoms with Crippen molar-refractivity contribution in [2.75, 3.05) is 33.4 Å². The van der Waals surface area contributed by atoms with E-state index in [2.05, 4.69) is 31.0 Å². The average Bonchev–Trinajstić information content (AvgIpc) is 3.16. The summed E-state index contributed by atoms with van der Waals surface area (Å²) in [5.74, 6) is 0.788. The van der Waals surface area contributed by atoms with E-state index < -0.39 is 0 Å². The van der Waals surface area contributed by atoms with Gasteiger partial charge >= 0.3 is 0 Å². The fraction of sp³-hybridized carbons (Fsp3) is 1.00. The van der Waals surface area contributed by atoms with Crippen LogP contribution in [0.3, 0.4) is 0 Å². The molecule has 1 N–H and O–H groups in total. The molecule has 1 aliphatic carbocycles. The highest BCUT2D eigenvalue weighted by atomic mass is 16.5. The SMILES string of the molecule is CCC1CNC(CC(C)C)CN1CC1(CCOC)CC1. The Kier molecular flexibility index (Phi) is 5.88. The van der Waals surface area contributed by atoms with Crippen molar-refractivity contribution < 1.29 is 4.74 Å². The normalized spacial score (nSPS) is 29.9. The van der Waals surface area contributed by atoms with Crippen LogP contribution in [0, 0.1) is 11.3 Å². The number of nitrogens with one attached hydrogen (secondary N) is 1. The molecule has 2 fully saturated rings. The summed E-state index contributed by atoms with van der Waals surface area (Å²) in [5.41, 5.74) is 0.586. The number of hydrogen-bond acceptors (Lipinski definition) is 3. The van der Waals surface area contributed by atoms with Crippen LogP contribution in [0.5, 0.6) is 0 Å². The summed E-state index contributed by atoms with van der Waals surface area (Å²) < 4.78 is 5.30. The minimum atomic E-state index is 0.586. The van der Waals surface area contributed by atoms with Crippen LogP contribution in [0.4, 0.5) is 0 Å². The van der Waals surface area contributed by atoms with Gasteiger partial charge < -0.3 is 10.1 Å². The zero-order chi connectivity index (χ0) is 14.6. The molecule has 0 aromatic heterocycles. The van der Waals surface area contributed by atoms with Gasteiger partial charge in [-0.2, -0.15) is 0 Å². The van der Waals surface area contributed by atoms with Gasteiger partial charge in [0.2, 0.25) is 0 Å². The van der Waals surface area contributed by atoms with E-state index in [9.17, 15) is 0 Å². The predicted molar refractivity (Wildman–Crippen MR) is 85.1 cm³/mol. The van der Waals surface area contributed by atoms with Gasteiger partial charge in [-0.05, 0) is 43.4 Å². The van der Waals surface area contributed by atoms with Crippen molar-refractivity contribution in [1.29, 1.82) is 0 Å². The molecule has 1 heterocycles. The van der Waals surface area contributed by atoms with Gasteiger partial charge in [0.25, 0.3) is 0 Å². The molecular formula is C17H34N2O. The molecule has 0 spiro atoms. The van der Waals surface area contributed by atoms with Crippen LogP contribution in [0.15, 0.2) is 0 Å². The molecule has 0 amide bonds. The molecule has 2 atom stereocenters. The molecule has 2 rings (SSSR count). The van der Waals surface area contributed by atoms with Crippen LogP contribution in [-0.2, 0) is 4.74 Å². The van der Waals surface area contributed by atoms with Gasteiger partial charge in [0.1, 0.15) is 0 Å². The largest absolute Gasteiger partial charge is 0.385 e. The Morgan fingerprint density at radius 3 is 2.65 bits per heavy atom. The first-order valence-corrected chi connectivity index (χ1v) is 8.55. The Hall–Kier alpha value is -0.120. The maximum atomic E-state index is 5.30. The fourth-order valence-corrected chi connectivity index (χ4v) is 3.66. The maximum Gasteiger partial charge on any atom is 0.0468 e. The molecule has 0 aromatic carbocycles. The van der Waals surface area contributed by atoms with Gasteiger partial charge in [0.15, 0.2) is 0 Å². The summed E-state index contributed by atoms with van der Waals surface area (Å²) in [4.78, 5) is 2.78. The number of nitrogens with zero attached hydrogens (tertiary/aromatic N) is 1. The van der Waals surface area contributed by atoms with E-state index in [0.717, 1.165) is 18.6 Å². The molecule has 3 nitrogen and oxygen atoms in total. The second kappa shape index (κ2) is 7.24. The van der Waals surface area contributed by atoms with Crippen molar-refractivity contribution in [1.82, 2.24) is 10.2 Å². The molecule has 118 valence electrons. The van der Waals surface area contributed by atoms with Gasteiger partial charge in [-0.3, -0.25) is 4.90 Å². The molecule has 2 unspecified atom stereocenters. The van der Waals surface area contributed by atoms with Crippen LogP contribution in [0.1, 0.15) is 52.9 Å². The van der Waals surface area contributed by atoms with Crippen LogP contribution in [0.25, 0.3) is 0 Å². The number of piperazine rings is 1. The van der Waals surface area contributed by atoms with Crippen LogP contribution in [0.2, 0.25) is 0 Å². The Morgan fingerprint density at radius 1 is 1.35 bits per heavy atom. The van der Waals surface area contributed by atoms with Crippen molar-refractivity contribution in [2.45, 2.75) is 65.0 Å². The monoisotopic (exact) mass is 282 g/mol. The van der Waals surface area contributed by atoms with Crippen LogP contribution in [-0.4, -0.2) is 50.3 Å². The topological polar surface area (TPSA) is 24.5 Å². The smallest absolute Gasteiger partial charge is 0.0468 e. The van der Waals surface area contributed by atoms with E-state index in [1.165, 1.54) is 51.7 Å². The zero-order valence-corrected chi connectivity index (χ0v) is 14.0. The van der Waals surface area contributed by atoms with E-state index in [1.54, 1.807) is 0 Å². The van der Waals surface area contributed by atoms with E-state index in [0.29, 0.717) is 11.5 Å². The Balaban J connectivity index is 1.88. The van der Waals surface area contributed by atoms with Gasteiger partial charge in [0.05, 0.1) is 0 Å². The van der Waals surface area contributed by atoms with Gasteiger partial charge in [-0.15, -0.1) is 0 Å². The van der Waals surface area contributed by atoms with E-state index in [-0.39, 0.29) is 0 Å². The van der Waals surface area contributed by atoms with E-state index >= 15 is 0 Å². The van der Waals surface area contributed by atoms with Crippen molar-refractivity contribution in [3.63, 3.8) is 0 Å². The molecule has 2 aliphatic rings. The van der Waals surface area contributed by atoms with Crippen molar-refractivity contribution in [3.8, 4) is 0 Å². The molecule has 1 aliphatic heterocycles. The number of hydrogen-bond donors (Lipinski definition) is 1. The van der Waals surface area contributed by atoms with Gasteiger partial charge in [-0.1, -0.05) is 20.8 Å². The zero-order valence-electron chi connectivity index (χ0n) is 14.0. The van der Waals surface area contributed by atoms with Gasteiger partial charge in [0, 0.05) is 45.4 Å². The lowest BCUT2D eigenvalue weighted by molar-refractivity contribution is 0.0816.